The van der Waals surface area contributed by atoms with Crippen molar-refractivity contribution in [1.29, 1.82) is 0 Å². The van der Waals surface area contributed by atoms with Gasteiger partial charge in [0.25, 0.3) is 0 Å². The Morgan fingerprint density at radius 3 is 2.00 bits per heavy atom. The largest absolute Gasteiger partial charge is 0.313 e. The summed E-state index contributed by atoms with van der Waals surface area (Å²) in [6, 6.07) is 0.872. The summed E-state index contributed by atoms with van der Waals surface area (Å²) in [4.78, 5) is 0. The van der Waals surface area contributed by atoms with E-state index in [0.29, 0.717) is 0 Å². The molecular formula is C17H37N. The summed E-state index contributed by atoms with van der Waals surface area (Å²) >= 11 is 0. The van der Waals surface area contributed by atoms with Gasteiger partial charge in [0, 0.05) is 6.04 Å². The van der Waals surface area contributed by atoms with E-state index in [1.54, 1.807) is 0 Å². The number of hydrogen-bond donors (Lipinski definition) is 1. The second kappa shape index (κ2) is 10.8. The summed E-state index contributed by atoms with van der Waals surface area (Å²) < 4.78 is 0. The van der Waals surface area contributed by atoms with Crippen molar-refractivity contribution in [3.05, 3.63) is 0 Å². The molecule has 0 amide bonds. The molecule has 1 saturated carbocycles. The second-order valence-corrected chi connectivity index (χ2v) is 5.37. The zero-order valence-electron chi connectivity index (χ0n) is 13.8. The van der Waals surface area contributed by atoms with Crippen LogP contribution in [-0.2, 0) is 0 Å². The van der Waals surface area contributed by atoms with Crippen molar-refractivity contribution < 1.29 is 0 Å². The van der Waals surface area contributed by atoms with Crippen LogP contribution in [0.5, 0.6) is 0 Å². The molecule has 1 nitrogen and oxygen atoms in total. The van der Waals surface area contributed by atoms with E-state index in [1.165, 1.54) is 45.1 Å². The molecule has 0 spiro atoms. The van der Waals surface area contributed by atoms with Crippen LogP contribution in [0, 0.1) is 17.8 Å². The minimum Gasteiger partial charge on any atom is -0.313 e. The molecule has 0 aromatic heterocycles. The van der Waals surface area contributed by atoms with Gasteiger partial charge in [-0.3, -0.25) is 0 Å². The molecule has 2 rings (SSSR count). The number of rotatable bonds is 2. The van der Waals surface area contributed by atoms with Crippen LogP contribution < -0.4 is 5.32 Å². The summed E-state index contributed by atoms with van der Waals surface area (Å²) in [5, 5.41) is 3.79. The molecule has 110 valence electrons. The number of piperidine rings is 1. The molecule has 2 fully saturated rings. The number of hydrogen-bond acceptors (Lipinski definition) is 1. The van der Waals surface area contributed by atoms with E-state index in [4.69, 9.17) is 0 Å². The van der Waals surface area contributed by atoms with Gasteiger partial charge in [-0.25, -0.2) is 0 Å². The van der Waals surface area contributed by atoms with Gasteiger partial charge in [0.2, 0.25) is 0 Å². The summed E-state index contributed by atoms with van der Waals surface area (Å²) in [5.41, 5.74) is 0. The quantitative estimate of drug-likeness (QED) is 0.710. The zero-order valence-corrected chi connectivity index (χ0v) is 13.8. The van der Waals surface area contributed by atoms with E-state index in [9.17, 15) is 0 Å². The molecule has 1 aliphatic carbocycles. The van der Waals surface area contributed by atoms with E-state index in [0.717, 1.165) is 23.8 Å². The Morgan fingerprint density at radius 1 is 0.833 bits per heavy atom. The molecule has 18 heavy (non-hydrogen) atoms. The Balaban J connectivity index is 0.000000659. The maximum atomic E-state index is 3.79. The Bertz CT molecular complexity index is 158. The lowest BCUT2D eigenvalue weighted by Gasteiger charge is -2.42. The highest BCUT2D eigenvalue weighted by Crippen LogP contribution is 2.37. The fraction of sp³-hybridized carbons (Fsp3) is 1.00. The van der Waals surface area contributed by atoms with Gasteiger partial charge in [0.15, 0.2) is 0 Å². The smallest absolute Gasteiger partial charge is 0.00981 e. The lowest BCUT2D eigenvalue weighted by Crippen LogP contribution is -2.48. The Labute approximate surface area is 116 Å². The van der Waals surface area contributed by atoms with Gasteiger partial charge in [0.1, 0.15) is 0 Å². The van der Waals surface area contributed by atoms with Crippen LogP contribution in [-0.4, -0.2) is 12.6 Å². The fourth-order valence-corrected chi connectivity index (χ4v) is 3.36. The zero-order chi connectivity index (χ0) is 14.0. The van der Waals surface area contributed by atoms with Crippen molar-refractivity contribution in [3.63, 3.8) is 0 Å². The standard InChI is InChI=1S/C13H25N.2C2H6/c1-3-10-5-6-12-7-11(4-2)9-14-13(12)8-10;2*1-2/h10-14H,3-9H2,1-2H3;2*1-2H3. The average molecular weight is 255 g/mol. The van der Waals surface area contributed by atoms with Crippen LogP contribution in [0.1, 0.15) is 80.1 Å². The van der Waals surface area contributed by atoms with Crippen molar-refractivity contribution in [2.45, 2.75) is 86.1 Å². The van der Waals surface area contributed by atoms with Crippen molar-refractivity contribution >= 4 is 0 Å². The third-order valence-electron chi connectivity index (χ3n) is 4.56. The number of nitrogens with one attached hydrogen (secondary N) is 1. The first kappa shape index (κ1) is 18.0. The van der Waals surface area contributed by atoms with Gasteiger partial charge in [-0.15, -0.1) is 0 Å². The molecule has 4 atom stereocenters. The molecule has 0 aromatic rings. The van der Waals surface area contributed by atoms with E-state index in [2.05, 4.69) is 19.2 Å². The van der Waals surface area contributed by atoms with Crippen molar-refractivity contribution in [2.24, 2.45) is 17.8 Å². The van der Waals surface area contributed by atoms with Gasteiger partial charge in [0.05, 0.1) is 0 Å². The molecule has 1 saturated heterocycles. The molecule has 4 unspecified atom stereocenters. The first-order chi connectivity index (χ1) is 8.83. The normalized spacial score (nSPS) is 34.3. The van der Waals surface area contributed by atoms with Crippen LogP contribution in [0.25, 0.3) is 0 Å². The molecular weight excluding hydrogens is 218 g/mol. The minimum atomic E-state index is 0.872. The predicted molar refractivity (Wildman–Crippen MR) is 84.0 cm³/mol. The number of fused-ring (bicyclic) bond motifs is 1. The van der Waals surface area contributed by atoms with Gasteiger partial charge in [-0.05, 0) is 43.6 Å². The third-order valence-corrected chi connectivity index (χ3v) is 4.56. The van der Waals surface area contributed by atoms with Crippen LogP contribution >= 0.6 is 0 Å². The topological polar surface area (TPSA) is 12.0 Å². The van der Waals surface area contributed by atoms with E-state index in [-0.39, 0.29) is 0 Å². The minimum absolute atomic E-state index is 0.872. The van der Waals surface area contributed by atoms with E-state index >= 15 is 0 Å². The average Bonchev–Trinajstić information content (AvgIpc) is 2.50. The van der Waals surface area contributed by atoms with Crippen molar-refractivity contribution in [2.75, 3.05) is 6.54 Å². The third kappa shape index (κ3) is 5.30. The van der Waals surface area contributed by atoms with Crippen LogP contribution in [0.4, 0.5) is 0 Å². The molecule has 2 aliphatic rings. The Morgan fingerprint density at radius 2 is 1.44 bits per heavy atom. The van der Waals surface area contributed by atoms with Gasteiger partial charge in [-0.2, -0.15) is 0 Å². The molecule has 0 radical (unpaired) electrons. The Hall–Kier alpha value is -0.0400. The summed E-state index contributed by atoms with van der Waals surface area (Å²) in [6.07, 6.45) is 8.71. The van der Waals surface area contributed by atoms with Gasteiger partial charge < -0.3 is 5.32 Å². The maximum Gasteiger partial charge on any atom is 0.00981 e. The van der Waals surface area contributed by atoms with Crippen molar-refractivity contribution in [3.8, 4) is 0 Å². The van der Waals surface area contributed by atoms with E-state index < -0.39 is 0 Å². The lowest BCUT2D eigenvalue weighted by atomic mass is 9.71. The van der Waals surface area contributed by atoms with Gasteiger partial charge in [-0.1, -0.05) is 60.8 Å². The van der Waals surface area contributed by atoms with Gasteiger partial charge >= 0.3 is 0 Å². The second-order valence-electron chi connectivity index (χ2n) is 5.37. The summed E-state index contributed by atoms with van der Waals surface area (Å²) in [6.45, 7) is 14.0. The summed E-state index contributed by atoms with van der Waals surface area (Å²) in [5.74, 6) is 2.99. The maximum absolute atomic E-state index is 3.79. The van der Waals surface area contributed by atoms with Crippen LogP contribution in [0.2, 0.25) is 0 Å². The monoisotopic (exact) mass is 255 g/mol. The van der Waals surface area contributed by atoms with Crippen molar-refractivity contribution in [1.82, 2.24) is 5.32 Å². The predicted octanol–water partition coefficient (Wildman–Crippen LogP) is 5.25. The van der Waals surface area contributed by atoms with Crippen LogP contribution in [0.3, 0.4) is 0 Å². The SMILES string of the molecule is CC.CC.CCC1CNC2CC(CC)CCC2C1. The summed E-state index contributed by atoms with van der Waals surface area (Å²) in [7, 11) is 0. The molecule has 1 heteroatoms. The van der Waals surface area contributed by atoms with E-state index in [1.807, 2.05) is 27.7 Å². The van der Waals surface area contributed by atoms with Crippen LogP contribution in [0.15, 0.2) is 0 Å². The molecule has 0 bridgehead atoms. The highest BCUT2D eigenvalue weighted by atomic mass is 14.9. The Kier molecular flexibility index (Phi) is 10.8. The first-order valence-corrected chi connectivity index (χ1v) is 8.56. The molecule has 1 heterocycles. The fourth-order valence-electron chi connectivity index (χ4n) is 3.36. The molecule has 0 aromatic carbocycles. The first-order valence-electron chi connectivity index (χ1n) is 8.56. The molecule has 1 N–H and O–H groups in total. The molecule has 1 aliphatic heterocycles. The lowest BCUT2D eigenvalue weighted by molar-refractivity contribution is 0.131. The highest BCUT2D eigenvalue weighted by Gasteiger charge is 2.33. The highest BCUT2D eigenvalue weighted by molar-refractivity contribution is 4.90.